The number of hydrogen-bond donors (Lipinski definition) is 2. The van der Waals surface area contributed by atoms with Crippen LogP contribution in [0.5, 0.6) is 0 Å². The maximum atomic E-state index is 9.60. The number of nitrogen functional groups attached to an aromatic ring is 1. The molecule has 23 heavy (non-hydrogen) atoms. The fourth-order valence-corrected chi connectivity index (χ4v) is 3.29. The fourth-order valence-electron chi connectivity index (χ4n) is 2.96. The highest BCUT2D eigenvalue weighted by Gasteiger charge is 2.33. The van der Waals surface area contributed by atoms with Crippen molar-refractivity contribution in [3.63, 3.8) is 0 Å². The van der Waals surface area contributed by atoms with Gasteiger partial charge in [-0.2, -0.15) is 4.98 Å². The molecule has 8 heteroatoms. The van der Waals surface area contributed by atoms with Crippen molar-refractivity contribution < 1.29 is 9.52 Å². The number of hydrogen-bond acceptors (Lipinski definition) is 7. The average molecular weight is 332 g/mol. The standard InChI is InChI=1S/C15H14ClN5O2/c16-13-12-9(7-22)6-21(14(12)20-15(17)19-13)5-8-3-11-10(18-4-8)1-2-23-11/h1-4,9,22H,5-7H2,(H2,17,19,20). The van der Waals surface area contributed by atoms with Crippen LogP contribution < -0.4 is 10.6 Å². The topological polar surface area (TPSA) is 101 Å². The average Bonchev–Trinajstić information content (AvgIpc) is 3.11. The first-order valence-electron chi connectivity index (χ1n) is 7.16. The molecule has 1 atom stereocenters. The van der Waals surface area contributed by atoms with E-state index in [1.54, 1.807) is 12.5 Å². The predicted octanol–water partition coefficient (Wildman–Crippen LogP) is 1.95. The number of aliphatic hydroxyl groups excluding tert-OH is 1. The Morgan fingerprint density at radius 2 is 2.30 bits per heavy atom. The molecule has 4 heterocycles. The highest BCUT2D eigenvalue weighted by atomic mass is 35.5. The Morgan fingerprint density at radius 1 is 1.43 bits per heavy atom. The molecule has 118 valence electrons. The minimum Gasteiger partial charge on any atom is -0.463 e. The summed E-state index contributed by atoms with van der Waals surface area (Å²) in [6.45, 7) is 1.14. The van der Waals surface area contributed by atoms with Gasteiger partial charge in [-0.15, -0.1) is 0 Å². The Balaban J connectivity index is 1.70. The minimum absolute atomic E-state index is 0.0219. The number of furan rings is 1. The normalized spacial score (nSPS) is 17.0. The van der Waals surface area contributed by atoms with Crippen LogP contribution >= 0.6 is 11.6 Å². The Bertz CT molecular complexity index is 881. The van der Waals surface area contributed by atoms with Crippen LogP contribution in [-0.4, -0.2) is 33.2 Å². The third-order valence-corrected chi connectivity index (χ3v) is 4.29. The lowest BCUT2D eigenvalue weighted by Crippen LogP contribution is -2.23. The van der Waals surface area contributed by atoms with E-state index in [4.69, 9.17) is 21.8 Å². The molecule has 0 aromatic carbocycles. The van der Waals surface area contributed by atoms with Gasteiger partial charge in [-0.1, -0.05) is 11.6 Å². The minimum atomic E-state index is -0.126. The van der Waals surface area contributed by atoms with Gasteiger partial charge >= 0.3 is 0 Å². The number of halogens is 1. The molecule has 0 saturated heterocycles. The zero-order valence-electron chi connectivity index (χ0n) is 12.1. The van der Waals surface area contributed by atoms with Crippen LogP contribution in [0, 0.1) is 0 Å². The predicted molar refractivity (Wildman–Crippen MR) is 86.3 cm³/mol. The van der Waals surface area contributed by atoms with Crippen LogP contribution in [0.15, 0.2) is 29.0 Å². The molecule has 0 bridgehead atoms. The first kappa shape index (κ1) is 14.2. The van der Waals surface area contributed by atoms with Gasteiger partial charge in [0, 0.05) is 36.8 Å². The van der Waals surface area contributed by atoms with Crippen LogP contribution in [0.2, 0.25) is 5.15 Å². The summed E-state index contributed by atoms with van der Waals surface area (Å²) in [4.78, 5) is 14.7. The molecule has 0 amide bonds. The molecule has 0 radical (unpaired) electrons. The van der Waals surface area contributed by atoms with Gasteiger partial charge in [0.25, 0.3) is 0 Å². The number of nitrogens with two attached hydrogens (primary N) is 1. The van der Waals surface area contributed by atoms with Crippen molar-refractivity contribution in [2.75, 3.05) is 23.8 Å². The molecule has 0 fully saturated rings. The zero-order valence-corrected chi connectivity index (χ0v) is 12.9. The Labute approximate surface area is 136 Å². The van der Waals surface area contributed by atoms with E-state index in [9.17, 15) is 5.11 Å². The second-order valence-electron chi connectivity index (χ2n) is 5.52. The molecule has 3 N–H and O–H groups in total. The van der Waals surface area contributed by atoms with Gasteiger partial charge in [0.1, 0.15) is 16.5 Å². The lowest BCUT2D eigenvalue weighted by Gasteiger charge is -2.18. The van der Waals surface area contributed by atoms with Crippen molar-refractivity contribution in [2.45, 2.75) is 12.5 Å². The summed E-state index contributed by atoms with van der Waals surface area (Å²) in [6.07, 6.45) is 3.41. The summed E-state index contributed by atoms with van der Waals surface area (Å²) in [5, 5.41) is 9.90. The van der Waals surface area contributed by atoms with Crippen molar-refractivity contribution in [1.82, 2.24) is 15.0 Å². The molecule has 4 rings (SSSR count). The van der Waals surface area contributed by atoms with Crippen LogP contribution in [0.3, 0.4) is 0 Å². The number of aliphatic hydroxyl groups is 1. The smallest absolute Gasteiger partial charge is 0.223 e. The van der Waals surface area contributed by atoms with E-state index >= 15 is 0 Å². The van der Waals surface area contributed by atoms with Gasteiger partial charge < -0.3 is 20.2 Å². The second-order valence-corrected chi connectivity index (χ2v) is 5.88. The number of aromatic nitrogens is 3. The fraction of sp³-hybridized carbons (Fsp3) is 0.267. The van der Waals surface area contributed by atoms with Gasteiger partial charge in [0.05, 0.1) is 12.9 Å². The summed E-state index contributed by atoms with van der Waals surface area (Å²) < 4.78 is 5.39. The highest BCUT2D eigenvalue weighted by Crippen LogP contribution is 2.39. The van der Waals surface area contributed by atoms with Gasteiger partial charge in [-0.25, -0.2) is 4.98 Å². The first-order valence-corrected chi connectivity index (χ1v) is 7.54. The largest absolute Gasteiger partial charge is 0.463 e. The molecule has 0 spiro atoms. The number of anilines is 2. The number of rotatable bonds is 3. The molecule has 0 aliphatic carbocycles. The van der Waals surface area contributed by atoms with E-state index in [0.29, 0.717) is 24.1 Å². The molecule has 1 aliphatic heterocycles. The van der Waals surface area contributed by atoms with Crippen molar-refractivity contribution in [3.8, 4) is 0 Å². The SMILES string of the molecule is Nc1nc(Cl)c2c(n1)N(Cc1cnc3ccoc3c1)CC2CO. The van der Waals surface area contributed by atoms with Crippen LogP contribution in [0.4, 0.5) is 11.8 Å². The van der Waals surface area contributed by atoms with Crippen LogP contribution in [-0.2, 0) is 6.54 Å². The molecular weight excluding hydrogens is 318 g/mol. The van der Waals surface area contributed by atoms with Crippen LogP contribution in [0.1, 0.15) is 17.0 Å². The molecule has 3 aromatic heterocycles. The maximum absolute atomic E-state index is 9.60. The number of pyridine rings is 1. The molecule has 1 unspecified atom stereocenters. The molecular formula is C15H14ClN5O2. The Hall–Kier alpha value is -2.38. The lowest BCUT2D eigenvalue weighted by atomic mass is 10.1. The monoisotopic (exact) mass is 331 g/mol. The van der Waals surface area contributed by atoms with Crippen LogP contribution in [0.25, 0.3) is 11.1 Å². The third kappa shape index (κ3) is 2.38. The summed E-state index contributed by atoms with van der Waals surface area (Å²) in [7, 11) is 0. The van der Waals surface area contributed by atoms with E-state index in [-0.39, 0.29) is 18.5 Å². The molecule has 7 nitrogen and oxygen atoms in total. The number of nitrogens with zero attached hydrogens (tertiary/aromatic N) is 4. The van der Waals surface area contributed by atoms with E-state index < -0.39 is 0 Å². The summed E-state index contributed by atoms with van der Waals surface area (Å²) in [6, 6.07) is 3.76. The third-order valence-electron chi connectivity index (χ3n) is 4.00. The van der Waals surface area contributed by atoms with E-state index in [2.05, 4.69) is 15.0 Å². The lowest BCUT2D eigenvalue weighted by molar-refractivity contribution is 0.270. The molecule has 3 aromatic rings. The Kier molecular flexibility index (Phi) is 3.32. The quantitative estimate of drug-likeness (QED) is 0.707. The summed E-state index contributed by atoms with van der Waals surface area (Å²) in [5.74, 6) is 0.663. The van der Waals surface area contributed by atoms with Gasteiger partial charge in [-0.05, 0) is 11.6 Å². The molecule has 0 saturated carbocycles. The molecule has 1 aliphatic rings. The van der Waals surface area contributed by atoms with Gasteiger partial charge in [0.15, 0.2) is 5.58 Å². The maximum Gasteiger partial charge on any atom is 0.223 e. The second kappa shape index (κ2) is 5.36. The van der Waals surface area contributed by atoms with Crippen molar-refractivity contribution in [2.24, 2.45) is 0 Å². The van der Waals surface area contributed by atoms with Crippen molar-refractivity contribution in [1.29, 1.82) is 0 Å². The van der Waals surface area contributed by atoms with Crippen molar-refractivity contribution in [3.05, 3.63) is 40.9 Å². The van der Waals surface area contributed by atoms with Crippen molar-refractivity contribution >= 4 is 34.5 Å². The zero-order chi connectivity index (χ0) is 16.0. The van der Waals surface area contributed by atoms with Gasteiger partial charge in [-0.3, -0.25) is 4.98 Å². The van der Waals surface area contributed by atoms with E-state index in [1.807, 2.05) is 17.0 Å². The summed E-state index contributed by atoms with van der Waals surface area (Å²) >= 11 is 6.18. The number of fused-ring (bicyclic) bond motifs is 2. The van der Waals surface area contributed by atoms with Gasteiger partial charge in [0.2, 0.25) is 5.95 Å². The van der Waals surface area contributed by atoms with E-state index in [0.717, 1.165) is 22.2 Å². The van der Waals surface area contributed by atoms with E-state index in [1.165, 1.54) is 0 Å². The first-order chi connectivity index (χ1) is 11.2. The Morgan fingerprint density at radius 3 is 3.13 bits per heavy atom. The highest BCUT2D eigenvalue weighted by molar-refractivity contribution is 6.30. The summed E-state index contributed by atoms with van der Waals surface area (Å²) in [5.41, 5.74) is 8.99.